The molecule has 0 bridgehead atoms. The van der Waals surface area contributed by atoms with Gasteiger partial charge < -0.3 is 9.73 Å². The lowest BCUT2D eigenvalue weighted by molar-refractivity contribution is 0.449. The van der Waals surface area contributed by atoms with Crippen molar-refractivity contribution < 1.29 is 4.42 Å². The Morgan fingerprint density at radius 2 is 2.28 bits per heavy atom. The summed E-state index contributed by atoms with van der Waals surface area (Å²) in [5.41, 5.74) is 2.70. The van der Waals surface area contributed by atoms with Crippen LogP contribution in [0.25, 0.3) is 11.1 Å². The molecule has 2 rings (SSSR count). The first-order chi connectivity index (χ1) is 8.69. The second-order valence-electron chi connectivity index (χ2n) is 4.37. The summed E-state index contributed by atoms with van der Waals surface area (Å²) in [6, 6.07) is 8.28. The van der Waals surface area contributed by atoms with Crippen molar-refractivity contribution in [2.45, 2.75) is 26.3 Å². The molecule has 18 heavy (non-hydrogen) atoms. The van der Waals surface area contributed by atoms with E-state index >= 15 is 0 Å². The molecule has 0 radical (unpaired) electrons. The van der Waals surface area contributed by atoms with Gasteiger partial charge in [0.2, 0.25) is 0 Å². The number of nitrogens with zero attached hydrogens (tertiary/aromatic N) is 2. The van der Waals surface area contributed by atoms with Gasteiger partial charge >= 0.3 is 0 Å². The Hall–Kier alpha value is -1.86. The largest absolute Gasteiger partial charge is 0.441 e. The van der Waals surface area contributed by atoms with Gasteiger partial charge in [0.05, 0.1) is 12.0 Å². The minimum absolute atomic E-state index is 0.0230. The van der Waals surface area contributed by atoms with Crippen LogP contribution in [0.2, 0.25) is 0 Å². The highest BCUT2D eigenvalue weighted by molar-refractivity contribution is 5.73. The molecule has 0 amide bonds. The third-order valence-corrected chi connectivity index (χ3v) is 3.20. The van der Waals surface area contributed by atoms with Crippen molar-refractivity contribution >= 4 is 11.1 Å². The summed E-state index contributed by atoms with van der Waals surface area (Å²) in [5, 5.41) is 12.4. The minimum atomic E-state index is -0.0449. The third kappa shape index (κ3) is 2.22. The summed E-state index contributed by atoms with van der Waals surface area (Å²) in [6.07, 6.45) is 0.815. The molecular formula is C14H17N3O. The molecule has 1 aromatic carbocycles. The van der Waals surface area contributed by atoms with E-state index in [-0.39, 0.29) is 12.0 Å². The number of oxazole rings is 1. The lowest BCUT2D eigenvalue weighted by Crippen LogP contribution is -2.23. The molecule has 0 spiro atoms. The van der Waals surface area contributed by atoms with Crippen molar-refractivity contribution in [3.8, 4) is 6.07 Å². The summed E-state index contributed by atoms with van der Waals surface area (Å²) in [5.74, 6) is 0.618. The smallest absolute Gasteiger partial charge is 0.192 e. The first-order valence-electron chi connectivity index (χ1n) is 6.13. The predicted molar refractivity (Wildman–Crippen MR) is 69.9 cm³/mol. The highest BCUT2D eigenvalue weighted by atomic mass is 16.3. The standard InChI is InChI=1S/C14H17N3O/c1-4-10(8-15)14(16-3)11-5-6-12-13(7-11)18-9(2)17-12/h5-7,10,14,16H,4H2,1-3H3. The minimum Gasteiger partial charge on any atom is -0.441 e. The molecule has 1 aromatic heterocycles. The van der Waals surface area contributed by atoms with E-state index in [1.54, 1.807) is 0 Å². The summed E-state index contributed by atoms with van der Waals surface area (Å²) < 4.78 is 5.53. The van der Waals surface area contributed by atoms with E-state index < -0.39 is 0 Å². The van der Waals surface area contributed by atoms with Gasteiger partial charge in [-0.25, -0.2) is 4.98 Å². The molecule has 2 unspecified atom stereocenters. The van der Waals surface area contributed by atoms with Crippen LogP contribution in [0.5, 0.6) is 0 Å². The molecular weight excluding hydrogens is 226 g/mol. The van der Waals surface area contributed by atoms with E-state index in [1.165, 1.54) is 0 Å². The molecule has 0 saturated heterocycles. The van der Waals surface area contributed by atoms with Crippen molar-refractivity contribution in [3.05, 3.63) is 29.7 Å². The van der Waals surface area contributed by atoms with E-state index in [9.17, 15) is 5.26 Å². The van der Waals surface area contributed by atoms with Crippen LogP contribution in [0.4, 0.5) is 0 Å². The highest BCUT2D eigenvalue weighted by Crippen LogP contribution is 2.27. The maximum absolute atomic E-state index is 9.18. The first kappa shape index (κ1) is 12.6. The second-order valence-corrected chi connectivity index (χ2v) is 4.37. The SMILES string of the molecule is CCC(C#N)C(NC)c1ccc2nc(C)oc2c1. The van der Waals surface area contributed by atoms with Crippen LogP contribution in [0, 0.1) is 24.2 Å². The molecule has 4 nitrogen and oxygen atoms in total. The van der Waals surface area contributed by atoms with Crippen LogP contribution in [0.1, 0.15) is 30.8 Å². The van der Waals surface area contributed by atoms with Crippen molar-refractivity contribution in [2.24, 2.45) is 5.92 Å². The van der Waals surface area contributed by atoms with Crippen LogP contribution in [-0.2, 0) is 0 Å². The molecule has 1 N–H and O–H groups in total. The average Bonchev–Trinajstić information content (AvgIpc) is 2.74. The fourth-order valence-electron chi connectivity index (χ4n) is 2.25. The normalized spacial score (nSPS) is 14.3. The van der Waals surface area contributed by atoms with E-state index in [4.69, 9.17) is 4.42 Å². The first-order valence-corrected chi connectivity index (χ1v) is 6.13. The zero-order chi connectivity index (χ0) is 13.1. The summed E-state index contributed by atoms with van der Waals surface area (Å²) >= 11 is 0. The number of hydrogen-bond donors (Lipinski definition) is 1. The van der Waals surface area contributed by atoms with E-state index in [0.717, 1.165) is 23.1 Å². The molecule has 2 aromatic rings. The number of aryl methyl sites for hydroxylation is 1. The van der Waals surface area contributed by atoms with Crippen molar-refractivity contribution in [1.29, 1.82) is 5.26 Å². The Bertz CT molecular complexity index is 582. The second kappa shape index (κ2) is 5.19. The summed E-state index contributed by atoms with van der Waals surface area (Å²) in [6.45, 7) is 3.86. The maximum Gasteiger partial charge on any atom is 0.192 e. The number of rotatable bonds is 4. The van der Waals surface area contributed by atoms with E-state index in [0.29, 0.717) is 5.89 Å². The van der Waals surface area contributed by atoms with Crippen molar-refractivity contribution in [2.75, 3.05) is 7.05 Å². The number of aromatic nitrogens is 1. The van der Waals surface area contributed by atoms with Gasteiger partial charge in [-0.2, -0.15) is 5.26 Å². The number of nitrogens with one attached hydrogen (secondary N) is 1. The zero-order valence-electron chi connectivity index (χ0n) is 10.9. The van der Waals surface area contributed by atoms with E-state index in [1.807, 2.05) is 39.1 Å². The van der Waals surface area contributed by atoms with E-state index in [2.05, 4.69) is 16.4 Å². The van der Waals surface area contributed by atoms with Gasteiger partial charge in [0.15, 0.2) is 11.5 Å². The lowest BCUT2D eigenvalue weighted by Gasteiger charge is -2.20. The van der Waals surface area contributed by atoms with Crippen LogP contribution in [0.15, 0.2) is 22.6 Å². The van der Waals surface area contributed by atoms with Gasteiger partial charge in [-0.1, -0.05) is 13.0 Å². The van der Waals surface area contributed by atoms with Crippen LogP contribution in [-0.4, -0.2) is 12.0 Å². The molecule has 0 aliphatic carbocycles. The molecule has 0 aliphatic heterocycles. The van der Waals surface area contributed by atoms with Gasteiger partial charge in [0.25, 0.3) is 0 Å². The monoisotopic (exact) mass is 243 g/mol. The molecule has 1 heterocycles. The van der Waals surface area contributed by atoms with Gasteiger partial charge in [0, 0.05) is 13.0 Å². The Labute approximate surface area is 107 Å². The Morgan fingerprint density at radius 3 is 2.89 bits per heavy atom. The molecule has 94 valence electrons. The van der Waals surface area contributed by atoms with Gasteiger partial charge in [-0.3, -0.25) is 0 Å². The fourth-order valence-corrected chi connectivity index (χ4v) is 2.25. The molecule has 0 aliphatic rings. The number of nitriles is 1. The van der Waals surface area contributed by atoms with Crippen molar-refractivity contribution in [3.63, 3.8) is 0 Å². The quantitative estimate of drug-likeness (QED) is 0.896. The van der Waals surface area contributed by atoms with Crippen LogP contribution >= 0.6 is 0 Å². The molecule has 0 saturated carbocycles. The Kier molecular flexibility index (Phi) is 3.63. The fraction of sp³-hybridized carbons (Fsp3) is 0.429. The molecule has 0 fully saturated rings. The number of benzene rings is 1. The summed E-state index contributed by atoms with van der Waals surface area (Å²) in [7, 11) is 1.88. The van der Waals surface area contributed by atoms with Gasteiger partial charge in [-0.15, -0.1) is 0 Å². The van der Waals surface area contributed by atoms with Crippen LogP contribution in [0.3, 0.4) is 0 Å². The predicted octanol–water partition coefficient (Wildman–Crippen LogP) is 2.95. The molecule has 4 heteroatoms. The topological polar surface area (TPSA) is 61.9 Å². The van der Waals surface area contributed by atoms with Gasteiger partial charge in [-0.05, 0) is 31.2 Å². The van der Waals surface area contributed by atoms with Gasteiger partial charge in [0.1, 0.15) is 5.52 Å². The number of hydrogen-bond acceptors (Lipinski definition) is 4. The third-order valence-electron chi connectivity index (χ3n) is 3.20. The maximum atomic E-state index is 9.18. The number of fused-ring (bicyclic) bond motifs is 1. The Morgan fingerprint density at radius 1 is 1.50 bits per heavy atom. The zero-order valence-corrected chi connectivity index (χ0v) is 10.9. The molecule has 2 atom stereocenters. The highest BCUT2D eigenvalue weighted by Gasteiger charge is 2.20. The Balaban J connectivity index is 2.42. The van der Waals surface area contributed by atoms with Crippen LogP contribution < -0.4 is 5.32 Å². The average molecular weight is 243 g/mol. The van der Waals surface area contributed by atoms with Crippen molar-refractivity contribution in [1.82, 2.24) is 10.3 Å². The summed E-state index contributed by atoms with van der Waals surface area (Å²) in [4.78, 5) is 4.27. The lowest BCUT2D eigenvalue weighted by atomic mass is 9.92.